The summed E-state index contributed by atoms with van der Waals surface area (Å²) in [6, 6.07) is 1.52. The number of hydrogen-bond acceptors (Lipinski definition) is 7. The van der Waals surface area contributed by atoms with Gasteiger partial charge in [0.25, 0.3) is 5.91 Å². The highest BCUT2D eigenvalue weighted by Crippen LogP contribution is 2.49. The van der Waals surface area contributed by atoms with Crippen LogP contribution in [0.1, 0.15) is 31.2 Å². The van der Waals surface area contributed by atoms with Crippen LogP contribution in [-0.2, 0) is 12.8 Å². The lowest BCUT2D eigenvalue weighted by Gasteiger charge is -2.14. The number of pyridine rings is 1. The Bertz CT molecular complexity index is 1010. The van der Waals surface area contributed by atoms with E-state index in [0.29, 0.717) is 22.1 Å². The molecule has 3 aromatic heterocycles. The Hall–Kier alpha value is -2.78. The van der Waals surface area contributed by atoms with E-state index < -0.39 is 11.8 Å². The maximum Gasteiger partial charge on any atom is 0.259 e. The maximum absolute atomic E-state index is 11.8. The summed E-state index contributed by atoms with van der Waals surface area (Å²) in [7, 11) is 0. The Morgan fingerprint density at radius 1 is 1.12 bits per heavy atom. The van der Waals surface area contributed by atoms with Crippen LogP contribution in [0.3, 0.4) is 0 Å². The average molecular weight is 372 g/mol. The van der Waals surface area contributed by atoms with Crippen LogP contribution in [0.2, 0.25) is 0 Å². The molecule has 0 atom stereocenters. The van der Waals surface area contributed by atoms with Gasteiger partial charge in [0.2, 0.25) is 5.91 Å². The lowest BCUT2D eigenvalue weighted by molar-refractivity contribution is 0.0993. The number of ether oxygens (including phenoxy) is 1. The molecule has 0 saturated heterocycles. The topological polar surface area (TPSA) is 121 Å². The van der Waals surface area contributed by atoms with E-state index in [0.717, 1.165) is 28.0 Å². The van der Waals surface area contributed by atoms with Crippen molar-refractivity contribution in [2.24, 2.45) is 11.5 Å². The van der Waals surface area contributed by atoms with Crippen molar-refractivity contribution >= 4 is 34.7 Å². The molecule has 126 valence electrons. The Kier molecular flexibility index (Phi) is 3.74. The highest BCUT2D eigenvalue weighted by Gasteiger charge is 2.30. The number of rotatable bonds is 4. The molecule has 0 aliphatic heterocycles. The molecule has 9 heteroatoms. The molecule has 4 rings (SSSR count). The van der Waals surface area contributed by atoms with Crippen LogP contribution in [0.5, 0.6) is 10.8 Å². The van der Waals surface area contributed by atoms with Gasteiger partial charge in [-0.15, -0.1) is 0 Å². The number of nitrogens with zero attached hydrogens (tertiary/aromatic N) is 2. The van der Waals surface area contributed by atoms with Gasteiger partial charge in [-0.25, -0.2) is 4.37 Å². The van der Waals surface area contributed by atoms with Gasteiger partial charge in [-0.1, -0.05) is 11.3 Å². The third-order valence-electron chi connectivity index (χ3n) is 3.92. The van der Waals surface area contributed by atoms with E-state index in [1.807, 2.05) is 6.20 Å². The summed E-state index contributed by atoms with van der Waals surface area (Å²) in [6.07, 6.45) is 6.21. The third kappa shape index (κ3) is 2.67. The molecular formula is C16H12N4O3S2. The fourth-order valence-electron chi connectivity index (χ4n) is 2.80. The molecular weight excluding hydrogens is 360 g/mol. The molecule has 3 aromatic rings. The summed E-state index contributed by atoms with van der Waals surface area (Å²) >= 11 is 2.56. The summed E-state index contributed by atoms with van der Waals surface area (Å²) in [4.78, 5) is 28.6. The monoisotopic (exact) mass is 372 g/mol. The van der Waals surface area contributed by atoms with Gasteiger partial charge >= 0.3 is 0 Å². The zero-order valence-corrected chi connectivity index (χ0v) is 14.4. The van der Waals surface area contributed by atoms with Gasteiger partial charge in [0.1, 0.15) is 5.75 Å². The van der Waals surface area contributed by atoms with Crippen molar-refractivity contribution in [1.82, 2.24) is 9.36 Å². The number of aryl methyl sites for hydroxylation is 1. The van der Waals surface area contributed by atoms with Crippen LogP contribution >= 0.6 is 22.9 Å². The lowest BCUT2D eigenvalue weighted by atomic mass is 9.93. The molecule has 0 fully saturated rings. The predicted octanol–water partition coefficient (Wildman–Crippen LogP) is 2.36. The van der Waals surface area contributed by atoms with Crippen LogP contribution in [0.4, 0.5) is 0 Å². The minimum absolute atomic E-state index is 0.247. The SMILES string of the molecule is NC(=O)c1cncc(Oc2sc(C(N)=O)c3c2-c2sncc2CC3)c1. The van der Waals surface area contributed by atoms with Crippen LogP contribution < -0.4 is 16.2 Å². The Balaban J connectivity index is 1.82. The molecule has 0 aromatic carbocycles. The van der Waals surface area contributed by atoms with Gasteiger partial charge in [-0.05, 0) is 41.6 Å². The lowest BCUT2D eigenvalue weighted by Crippen LogP contribution is -2.13. The molecule has 2 amide bonds. The van der Waals surface area contributed by atoms with Crippen LogP contribution in [-0.4, -0.2) is 21.2 Å². The fraction of sp³-hybridized carbons (Fsp3) is 0.125. The molecule has 0 saturated carbocycles. The minimum Gasteiger partial charge on any atom is -0.444 e. The van der Waals surface area contributed by atoms with E-state index in [4.69, 9.17) is 16.2 Å². The number of primary amides is 2. The summed E-state index contributed by atoms with van der Waals surface area (Å²) in [5.74, 6) is -0.699. The van der Waals surface area contributed by atoms with Crippen molar-refractivity contribution in [3.05, 3.63) is 46.2 Å². The summed E-state index contributed by atoms with van der Waals surface area (Å²) < 4.78 is 10.2. The van der Waals surface area contributed by atoms with Crippen LogP contribution in [0.15, 0.2) is 24.7 Å². The van der Waals surface area contributed by atoms with Gasteiger partial charge in [-0.2, -0.15) is 0 Å². The molecule has 7 nitrogen and oxygen atoms in total. The normalized spacial score (nSPS) is 12.3. The van der Waals surface area contributed by atoms with E-state index in [2.05, 4.69) is 9.36 Å². The molecule has 0 radical (unpaired) electrons. The van der Waals surface area contributed by atoms with Crippen molar-refractivity contribution in [1.29, 1.82) is 0 Å². The predicted molar refractivity (Wildman–Crippen MR) is 94.2 cm³/mol. The van der Waals surface area contributed by atoms with Crippen molar-refractivity contribution in [2.75, 3.05) is 0 Å². The van der Waals surface area contributed by atoms with Gasteiger partial charge in [-0.3, -0.25) is 14.6 Å². The number of carbonyl (C=O) groups excluding carboxylic acids is 2. The van der Waals surface area contributed by atoms with Gasteiger partial charge in [0.05, 0.1) is 27.1 Å². The first-order chi connectivity index (χ1) is 12.0. The summed E-state index contributed by atoms with van der Waals surface area (Å²) in [5.41, 5.74) is 13.9. The molecule has 3 heterocycles. The fourth-order valence-corrected chi connectivity index (χ4v) is 4.81. The zero-order chi connectivity index (χ0) is 17.6. The number of thiophene rings is 1. The largest absolute Gasteiger partial charge is 0.444 e. The van der Waals surface area contributed by atoms with Crippen molar-refractivity contribution in [3.63, 3.8) is 0 Å². The Morgan fingerprint density at radius 2 is 1.96 bits per heavy atom. The number of nitrogens with two attached hydrogens (primary N) is 2. The first-order valence-electron chi connectivity index (χ1n) is 7.36. The molecule has 4 N–H and O–H groups in total. The minimum atomic E-state index is -0.589. The quantitative estimate of drug-likeness (QED) is 0.728. The molecule has 0 spiro atoms. The van der Waals surface area contributed by atoms with Crippen LogP contribution in [0.25, 0.3) is 10.4 Å². The first kappa shape index (κ1) is 15.7. The highest BCUT2D eigenvalue weighted by molar-refractivity contribution is 7.17. The van der Waals surface area contributed by atoms with E-state index in [1.54, 1.807) is 0 Å². The Morgan fingerprint density at radius 3 is 2.72 bits per heavy atom. The van der Waals surface area contributed by atoms with Crippen molar-refractivity contribution in [2.45, 2.75) is 12.8 Å². The van der Waals surface area contributed by atoms with Crippen molar-refractivity contribution < 1.29 is 14.3 Å². The number of amides is 2. The van der Waals surface area contributed by atoms with Crippen LogP contribution in [0, 0.1) is 0 Å². The first-order valence-corrected chi connectivity index (χ1v) is 8.95. The van der Waals surface area contributed by atoms with Gasteiger partial charge < -0.3 is 16.2 Å². The average Bonchev–Trinajstić information content (AvgIpc) is 3.19. The standard InChI is InChI=1S/C16H12N4O3S2/c17-14(21)8-3-9(6-19-4-8)23-16-11-10(13(24-16)15(18)22)2-1-7-5-20-25-12(7)11/h3-6H,1-2H2,(H2,17,21)(H2,18,22). The van der Waals surface area contributed by atoms with E-state index in [1.165, 1.54) is 41.3 Å². The third-order valence-corrected chi connectivity index (χ3v) is 5.91. The summed E-state index contributed by atoms with van der Waals surface area (Å²) in [6.45, 7) is 0. The van der Waals surface area contributed by atoms with Gasteiger partial charge in [0, 0.05) is 12.4 Å². The molecule has 1 aliphatic rings. The molecule has 0 bridgehead atoms. The molecule has 0 unspecified atom stereocenters. The second-order valence-corrected chi connectivity index (χ2v) is 7.28. The summed E-state index contributed by atoms with van der Waals surface area (Å²) in [5, 5.41) is 0.539. The Labute approximate surface area is 150 Å². The second-order valence-electron chi connectivity index (χ2n) is 5.49. The number of hydrogen-bond donors (Lipinski definition) is 2. The highest BCUT2D eigenvalue weighted by atomic mass is 32.1. The molecule has 25 heavy (non-hydrogen) atoms. The smallest absolute Gasteiger partial charge is 0.259 e. The number of aromatic nitrogens is 2. The second kappa shape index (κ2) is 5.94. The van der Waals surface area contributed by atoms with E-state index in [-0.39, 0.29) is 5.56 Å². The van der Waals surface area contributed by atoms with Gasteiger partial charge in [0.15, 0.2) is 5.06 Å². The number of carbonyl (C=O) groups is 2. The zero-order valence-electron chi connectivity index (χ0n) is 12.8. The van der Waals surface area contributed by atoms with E-state index >= 15 is 0 Å². The molecule has 1 aliphatic carbocycles. The van der Waals surface area contributed by atoms with Crippen molar-refractivity contribution in [3.8, 4) is 21.3 Å². The maximum atomic E-state index is 11.8. The number of fused-ring (bicyclic) bond motifs is 3. The van der Waals surface area contributed by atoms with E-state index in [9.17, 15) is 9.59 Å².